The molecule has 0 aliphatic carbocycles. The quantitative estimate of drug-likeness (QED) is 0.752. The Morgan fingerprint density at radius 1 is 1.38 bits per heavy atom. The van der Waals surface area contributed by atoms with Crippen LogP contribution in [0.15, 0.2) is 23.6 Å². The molecule has 10 heteroatoms. The van der Waals surface area contributed by atoms with Crippen molar-refractivity contribution in [2.24, 2.45) is 0 Å². The third kappa shape index (κ3) is 4.52. The van der Waals surface area contributed by atoms with Gasteiger partial charge in [0.15, 0.2) is 5.13 Å². The van der Waals surface area contributed by atoms with E-state index in [0.717, 1.165) is 36.5 Å². The third-order valence-corrected chi connectivity index (χ3v) is 5.84. The number of carbonyl (C=O) groups is 1. The minimum atomic E-state index is -2.79. The van der Waals surface area contributed by atoms with Gasteiger partial charge < -0.3 is 10.2 Å². The highest BCUT2D eigenvalue weighted by atomic mass is 32.1. The predicted molar refractivity (Wildman–Crippen MR) is 105 cm³/mol. The van der Waals surface area contributed by atoms with E-state index in [1.54, 1.807) is 5.38 Å². The van der Waals surface area contributed by atoms with Crippen molar-refractivity contribution in [1.82, 2.24) is 19.8 Å². The van der Waals surface area contributed by atoms with Crippen LogP contribution in [0, 0.1) is 11.3 Å². The van der Waals surface area contributed by atoms with Gasteiger partial charge in [-0.1, -0.05) is 6.07 Å². The molecule has 1 atom stereocenters. The predicted octanol–water partition coefficient (Wildman–Crippen LogP) is 3.08. The van der Waals surface area contributed by atoms with E-state index in [0.29, 0.717) is 17.5 Å². The fraction of sp³-hybridized carbons (Fsp3) is 0.474. The monoisotopic (exact) mass is 418 g/mol. The van der Waals surface area contributed by atoms with Gasteiger partial charge in [-0.25, -0.2) is 18.7 Å². The summed E-state index contributed by atoms with van der Waals surface area (Å²) in [6, 6.07) is 7.91. The number of carbonyl (C=O) groups excluding carboxylic acids is 1. The maximum absolute atomic E-state index is 13.0. The maximum atomic E-state index is 13.0. The van der Waals surface area contributed by atoms with Crippen LogP contribution in [-0.4, -0.2) is 64.3 Å². The summed E-state index contributed by atoms with van der Waals surface area (Å²) in [5.74, 6) is -2.40. The molecule has 2 aromatic rings. The molecule has 2 saturated heterocycles. The summed E-state index contributed by atoms with van der Waals surface area (Å²) >= 11 is 1.23. The zero-order chi connectivity index (χ0) is 20.4. The van der Waals surface area contributed by atoms with Crippen LogP contribution in [0.25, 0.3) is 0 Å². The Morgan fingerprint density at radius 3 is 2.97 bits per heavy atom. The number of anilines is 2. The highest BCUT2D eigenvalue weighted by Gasteiger charge is 2.46. The first-order valence-electron chi connectivity index (χ1n) is 9.39. The van der Waals surface area contributed by atoms with Gasteiger partial charge in [-0.3, -0.25) is 9.69 Å². The van der Waals surface area contributed by atoms with Gasteiger partial charge in [0, 0.05) is 23.5 Å². The van der Waals surface area contributed by atoms with Gasteiger partial charge in [0.1, 0.15) is 11.5 Å². The summed E-state index contributed by atoms with van der Waals surface area (Å²) in [6.07, 6.45) is 2.05. The molecule has 0 radical (unpaired) electrons. The number of thiazole rings is 1. The topological polar surface area (TPSA) is 85.2 Å². The van der Waals surface area contributed by atoms with Gasteiger partial charge in [-0.05, 0) is 31.5 Å². The second-order valence-electron chi connectivity index (χ2n) is 7.36. The Labute approximate surface area is 171 Å². The van der Waals surface area contributed by atoms with Crippen LogP contribution >= 0.6 is 11.3 Å². The number of aromatic nitrogens is 2. The molecule has 4 heterocycles. The first-order chi connectivity index (χ1) is 13.9. The highest BCUT2D eigenvalue weighted by Crippen LogP contribution is 2.30. The molecule has 2 aromatic heterocycles. The number of nitrogens with one attached hydrogen (secondary N) is 1. The van der Waals surface area contributed by atoms with Gasteiger partial charge in [0.25, 0.3) is 11.8 Å². The van der Waals surface area contributed by atoms with Crippen molar-refractivity contribution in [2.75, 3.05) is 38.0 Å². The Hall–Kier alpha value is -2.64. The maximum Gasteiger partial charge on any atom is 0.282 e. The van der Waals surface area contributed by atoms with E-state index < -0.39 is 24.9 Å². The lowest BCUT2D eigenvalue weighted by molar-refractivity contribution is -0.113. The van der Waals surface area contributed by atoms with E-state index in [-0.39, 0.29) is 11.6 Å². The van der Waals surface area contributed by atoms with Crippen molar-refractivity contribution in [3.05, 3.63) is 35.0 Å². The van der Waals surface area contributed by atoms with E-state index in [9.17, 15) is 13.6 Å². The minimum Gasteiger partial charge on any atom is -0.325 e. The second kappa shape index (κ2) is 8.00. The van der Waals surface area contributed by atoms with Crippen molar-refractivity contribution in [2.45, 2.75) is 24.7 Å². The Bertz CT molecular complexity index is 935. The average Bonchev–Trinajstić information content (AvgIpc) is 3.15. The number of piperidine rings is 1. The van der Waals surface area contributed by atoms with Gasteiger partial charge in [-0.15, -0.1) is 11.3 Å². The Balaban J connectivity index is 1.40. The first kappa shape index (κ1) is 19.7. The molecule has 2 aliphatic rings. The molecule has 7 nitrogen and oxygen atoms in total. The summed E-state index contributed by atoms with van der Waals surface area (Å²) < 4.78 is 25.9. The van der Waals surface area contributed by atoms with Gasteiger partial charge in [0.05, 0.1) is 25.7 Å². The largest absolute Gasteiger partial charge is 0.325 e. The van der Waals surface area contributed by atoms with Crippen LogP contribution in [-0.2, 0) is 0 Å². The van der Waals surface area contributed by atoms with Crippen LogP contribution in [0.3, 0.4) is 0 Å². The van der Waals surface area contributed by atoms with Crippen LogP contribution < -0.4 is 5.32 Å². The molecule has 0 unspecified atom stereocenters. The number of halogens is 2. The number of nitrogens with zero attached hydrogens (tertiary/aromatic N) is 5. The van der Waals surface area contributed by atoms with Gasteiger partial charge in [-0.2, -0.15) is 5.26 Å². The lowest BCUT2D eigenvalue weighted by atomic mass is 9.94. The highest BCUT2D eigenvalue weighted by molar-refractivity contribution is 7.14. The van der Waals surface area contributed by atoms with Crippen molar-refractivity contribution >= 4 is 28.2 Å². The van der Waals surface area contributed by atoms with Crippen LogP contribution in [0.4, 0.5) is 19.7 Å². The number of hydrogen-bond acceptors (Lipinski definition) is 7. The van der Waals surface area contributed by atoms with Gasteiger partial charge >= 0.3 is 0 Å². The van der Waals surface area contributed by atoms with Gasteiger partial charge in [0.2, 0.25) is 0 Å². The fourth-order valence-corrected chi connectivity index (χ4v) is 4.34. The molecule has 0 aromatic carbocycles. The van der Waals surface area contributed by atoms with Crippen molar-refractivity contribution in [3.63, 3.8) is 0 Å². The summed E-state index contributed by atoms with van der Waals surface area (Å²) in [4.78, 5) is 24.3. The lowest BCUT2D eigenvalue weighted by Gasteiger charge is -2.38. The summed E-state index contributed by atoms with van der Waals surface area (Å²) in [6.45, 7) is 1.05. The third-order valence-electron chi connectivity index (χ3n) is 5.08. The molecule has 0 saturated carbocycles. The number of alkyl halides is 2. The molecule has 152 valence electrons. The molecular weight excluding hydrogens is 398 g/mol. The normalized spacial score (nSPS) is 21.3. The molecule has 0 spiro atoms. The molecule has 4 rings (SSSR count). The summed E-state index contributed by atoms with van der Waals surface area (Å²) in [7, 11) is 0. The number of nitriles is 1. The molecule has 1 N–H and O–H groups in total. The molecule has 0 bridgehead atoms. The Kier molecular flexibility index (Phi) is 5.43. The summed E-state index contributed by atoms with van der Waals surface area (Å²) in [5, 5.41) is 14.1. The number of likely N-dealkylation sites (tertiary alicyclic amines) is 2. The first-order valence-corrected chi connectivity index (χ1v) is 10.3. The smallest absolute Gasteiger partial charge is 0.282 e. The number of rotatable bonds is 5. The number of pyridine rings is 1. The van der Waals surface area contributed by atoms with E-state index in [2.05, 4.69) is 26.3 Å². The summed E-state index contributed by atoms with van der Waals surface area (Å²) in [5.41, 5.74) is 1.11. The van der Waals surface area contributed by atoms with Crippen LogP contribution in [0.5, 0.6) is 0 Å². The minimum absolute atomic E-state index is 0.156. The molecule has 1 amide bonds. The van der Waals surface area contributed by atoms with Crippen LogP contribution in [0.2, 0.25) is 0 Å². The van der Waals surface area contributed by atoms with Crippen molar-refractivity contribution in [1.29, 1.82) is 5.26 Å². The SMILES string of the molecule is N#CCN1CCC[C@H](c2cccc(Nc3nc(C(=O)N4CC(F)(F)C4)cs3)n2)C1. The Morgan fingerprint density at radius 2 is 2.21 bits per heavy atom. The standard InChI is InChI=1S/C19H20F2N6OS/c20-19(21)11-27(12-19)17(28)15-10-29-18(24-15)25-16-5-1-4-14(23-16)13-3-2-7-26(9-13)8-6-22/h1,4-5,10,13H,2-3,7-9,11-12H2,(H,23,24,25)/t13-/m0/s1. The lowest BCUT2D eigenvalue weighted by Crippen LogP contribution is -2.58. The molecule has 2 fully saturated rings. The van der Waals surface area contributed by atoms with Crippen molar-refractivity contribution < 1.29 is 13.6 Å². The van der Waals surface area contributed by atoms with Crippen LogP contribution in [0.1, 0.15) is 34.9 Å². The molecular formula is C19H20F2N6OS. The number of hydrogen-bond donors (Lipinski definition) is 1. The average molecular weight is 418 g/mol. The zero-order valence-electron chi connectivity index (χ0n) is 15.6. The molecule has 2 aliphatic heterocycles. The fourth-order valence-electron chi connectivity index (χ4n) is 3.65. The van der Waals surface area contributed by atoms with E-state index in [1.165, 1.54) is 11.3 Å². The molecule has 29 heavy (non-hydrogen) atoms. The van der Waals surface area contributed by atoms with E-state index >= 15 is 0 Å². The number of amides is 1. The van der Waals surface area contributed by atoms with E-state index in [1.807, 2.05) is 18.2 Å². The van der Waals surface area contributed by atoms with E-state index in [4.69, 9.17) is 5.26 Å². The van der Waals surface area contributed by atoms with Crippen molar-refractivity contribution in [3.8, 4) is 6.07 Å². The second-order valence-corrected chi connectivity index (χ2v) is 8.22. The zero-order valence-corrected chi connectivity index (χ0v) is 16.5.